The van der Waals surface area contributed by atoms with Crippen LogP contribution in [0.15, 0.2) is 66.0 Å². The zero-order valence-electron chi connectivity index (χ0n) is 16.0. The zero-order chi connectivity index (χ0) is 19.3. The predicted octanol–water partition coefficient (Wildman–Crippen LogP) is 2.04. The van der Waals surface area contributed by atoms with E-state index in [1.54, 1.807) is 6.33 Å². The zero-order valence-corrected chi connectivity index (χ0v) is 16.9. The Hall–Kier alpha value is -2.44. The van der Waals surface area contributed by atoms with Gasteiger partial charge >= 0.3 is 0 Å². The fraction of sp³-hybridized carbons (Fsp3) is 0.318. The molecule has 1 amide bonds. The van der Waals surface area contributed by atoms with Gasteiger partial charge in [-0.15, -0.1) is 0 Å². The summed E-state index contributed by atoms with van der Waals surface area (Å²) in [6.07, 6.45) is 1.58. The summed E-state index contributed by atoms with van der Waals surface area (Å²) in [4.78, 5) is 25.2. The topological polar surface area (TPSA) is 50.5 Å². The van der Waals surface area contributed by atoms with Gasteiger partial charge in [0.2, 0.25) is 5.91 Å². The molecule has 1 atom stereocenters. The highest BCUT2D eigenvalue weighted by atomic mass is 32.2. The molecule has 5 nitrogen and oxygen atoms in total. The van der Waals surface area contributed by atoms with Crippen molar-refractivity contribution >= 4 is 28.6 Å². The third-order valence-electron chi connectivity index (χ3n) is 5.22. The maximum Gasteiger partial charge on any atom is 0.236 e. The SMILES string of the molecule is C[C@@H](Sc1ncnc2ccccc12)C(=O)N1CC[NH+](Cc2ccccc2)CC1. The average Bonchev–Trinajstić information content (AvgIpc) is 2.75. The second-order valence-electron chi connectivity index (χ2n) is 7.19. The quantitative estimate of drug-likeness (QED) is 0.532. The molecule has 1 saturated heterocycles. The number of hydrogen-bond acceptors (Lipinski definition) is 4. The molecule has 1 fully saturated rings. The summed E-state index contributed by atoms with van der Waals surface area (Å²) in [5.41, 5.74) is 2.27. The third-order valence-corrected chi connectivity index (χ3v) is 6.33. The van der Waals surface area contributed by atoms with Gasteiger partial charge in [0.25, 0.3) is 0 Å². The van der Waals surface area contributed by atoms with E-state index in [0.29, 0.717) is 0 Å². The van der Waals surface area contributed by atoms with Crippen LogP contribution >= 0.6 is 11.8 Å². The van der Waals surface area contributed by atoms with Crippen LogP contribution < -0.4 is 4.90 Å². The Labute approximate surface area is 169 Å². The smallest absolute Gasteiger partial charge is 0.236 e. The van der Waals surface area contributed by atoms with E-state index in [1.807, 2.05) is 36.1 Å². The van der Waals surface area contributed by atoms with Crippen LogP contribution in [-0.2, 0) is 11.3 Å². The summed E-state index contributed by atoms with van der Waals surface area (Å²) in [6, 6.07) is 18.5. The lowest BCUT2D eigenvalue weighted by Crippen LogP contribution is -3.13. The number of benzene rings is 2. The monoisotopic (exact) mass is 393 g/mol. The van der Waals surface area contributed by atoms with E-state index in [0.717, 1.165) is 48.7 Å². The lowest BCUT2D eigenvalue weighted by Gasteiger charge is -2.33. The van der Waals surface area contributed by atoms with Gasteiger partial charge in [0.15, 0.2) is 0 Å². The first-order chi connectivity index (χ1) is 13.7. The van der Waals surface area contributed by atoms with Crippen LogP contribution in [0.1, 0.15) is 12.5 Å². The molecule has 6 heteroatoms. The largest absolute Gasteiger partial charge is 0.330 e. The Morgan fingerprint density at radius 1 is 1.07 bits per heavy atom. The van der Waals surface area contributed by atoms with Crippen LogP contribution in [0.5, 0.6) is 0 Å². The Balaban J connectivity index is 1.34. The standard InChI is InChI=1S/C22H24N4OS/c1-17(28-21-19-9-5-6-10-20(19)23-16-24-21)22(27)26-13-11-25(12-14-26)15-18-7-3-2-4-8-18/h2-10,16-17H,11-15H2,1H3/p+1/t17-/m1/s1. The molecule has 2 heterocycles. The van der Waals surface area contributed by atoms with Crippen molar-refractivity contribution < 1.29 is 9.69 Å². The van der Waals surface area contributed by atoms with Gasteiger partial charge in [-0.2, -0.15) is 0 Å². The second-order valence-corrected chi connectivity index (χ2v) is 8.52. The van der Waals surface area contributed by atoms with Gasteiger partial charge in [0.1, 0.15) is 17.9 Å². The number of rotatable bonds is 5. The van der Waals surface area contributed by atoms with E-state index in [4.69, 9.17) is 0 Å². The number of carbonyl (C=O) groups is 1. The Bertz CT molecular complexity index is 936. The molecular weight excluding hydrogens is 368 g/mol. The fourth-order valence-electron chi connectivity index (χ4n) is 3.65. The number of aromatic nitrogens is 2. The van der Waals surface area contributed by atoms with Crippen molar-refractivity contribution in [1.29, 1.82) is 0 Å². The van der Waals surface area contributed by atoms with Gasteiger partial charge in [-0.25, -0.2) is 9.97 Å². The highest BCUT2D eigenvalue weighted by Crippen LogP contribution is 2.28. The van der Waals surface area contributed by atoms with Gasteiger partial charge in [-0.05, 0) is 13.0 Å². The summed E-state index contributed by atoms with van der Waals surface area (Å²) in [6.45, 7) is 6.63. The molecule has 0 aliphatic carbocycles. The minimum absolute atomic E-state index is 0.158. The van der Waals surface area contributed by atoms with E-state index in [-0.39, 0.29) is 11.2 Å². The first-order valence-electron chi connectivity index (χ1n) is 9.73. The predicted molar refractivity (Wildman–Crippen MR) is 112 cm³/mol. The minimum Gasteiger partial charge on any atom is -0.330 e. The molecule has 0 saturated carbocycles. The molecule has 2 aromatic carbocycles. The molecule has 0 bridgehead atoms. The summed E-state index contributed by atoms with van der Waals surface area (Å²) in [5.74, 6) is 0.200. The highest BCUT2D eigenvalue weighted by molar-refractivity contribution is 8.00. The highest BCUT2D eigenvalue weighted by Gasteiger charge is 2.28. The summed E-state index contributed by atoms with van der Waals surface area (Å²) in [7, 11) is 0. The maximum atomic E-state index is 13.0. The number of fused-ring (bicyclic) bond motifs is 1. The number of thioether (sulfide) groups is 1. The van der Waals surface area contributed by atoms with Crippen molar-refractivity contribution in [2.45, 2.75) is 23.7 Å². The van der Waals surface area contributed by atoms with E-state index < -0.39 is 0 Å². The van der Waals surface area contributed by atoms with Gasteiger partial charge in [0, 0.05) is 10.9 Å². The van der Waals surface area contributed by atoms with Crippen molar-refractivity contribution in [2.24, 2.45) is 0 Å². The molecule has 4 rings (SSSR count). The molecule has 0 spiro atoms. The molecule has 1 aliphatic heterocycles. The summed E-state index contributed by atoms with van der Waals surface area (Å²) >= 11 is 1.53. The summed E-state index contributed by atoms with van der Waals surface area (Å²) < 4.78 is 0. The Morgan fingerprint density at radius 3 is 2.57 bits per heavy atom. The first-order valence-corrected chi connectivity index (χ1v) is 10.6. The number of nitrogens with one attached hydrogen (secondary N) is 1. The Morgan fingerprint density at radius 2 is 1.79 bits per heavy atom. The van der Waals surface area contributed by atoms with E-state index in [2.05, 4.69) is 40.3 Å². The maximum absolute atomic E-state index is 13.0. The molecule has 28 heavy (non-hydrogen) atoms. The van der Waals surface area contributed by atoms with Crippen molar-refractivity contribution in [1.82, 2.24) is 14.9 Å². The molecule has 1 aromatic heterocycles. The van der Waals surface area contributed by atoms with Crippen molar-refractivity contribution in [3.05, 3.63) is 66.5 Å². The number of carbonyl (C=O) groups excluding carboxylic acids is 1. The van der Waals surface area contributed by atoms with Crippen molar-refractivity contribution in [2.75, 3.05) is 26.2 Å². The van der Waals surface area contributed by atoms with Crippen molar-refractivity contribution in [3.63, 3.8) is 0 Å². The fourth-order valence-corrected chi connectivity index (χ4v) is 4.65. The molecule has 1 aliphatic rings. The lowest BCUT2D eigenvalue weighted by atomic mass is 10.2. The van der Waals surface area contributed by atoms with E-state index >= 15 is 0 Å². The Kier molecular flexibility index (Phi) is 5.88. The second kappa shape index (κ2) is 8.71. The number of quaternary nitrogens is 1. The van der Waals surface area contributed by atoms with E-state index in [1.165, 1.54) is 22.2 Å². The van der Waals surface area contributed by atoms with Crippen LogP contribution in [0.2, 0.25) is 0 Å². The number of amides is 1. The van der Waals surface area contributed by atoms with Crippen LogP contribution in [0, 0.1) is 0 Å². The molecular formula is C22H25N4OS+. The number of para-hydroxylation sites is 1. The van der Waals surface area contributed by atoms with Crippen LogP contribution in [0.25, 0.3) is 10.9 Å². The van der Waals surface area contributed by atoms with E-state index in [9.17, 15) is 4.79 Å². The van der Waals surface area contributed by atoms with Crippen LogP contribution in [0.3, 0.4) is 0 Å². The molecule has 0 unspecified atom stereocenters. The number of piperazine rings is 1. The van der Waals surface area contributed by atoms with Gasteiger partial charge in [-0.1, -0.05) is 60.3 Å². The van der Waals surface area contributed by atoms with Crippen molar-refractivity contribution in [3.8, 4) is 0 Å². The normalized spacial score (nSPS) is 16.2. The molecule has 144 valence electrons. The van der Waals surface area contributed by atoms with Gasteiger partial charge in [0.05, 0.1) is 36.9 Å². The average molecular weight is 394 g/mol. The minimum atomic E-state index is -0.158. The van der Waals surface area contributed by atoms with Crippen LogP contribution in [0.4, 0.5) is 0 Å². The van der Waals surface area contributed by atoms with Gasteiger partial charge in [-0.3, -0.25) is 4.79 Å². The number of nitrogens with zero attached hydrogens (tertiary/aromatic N) is 3. The molecule has 3 aromatic rings. The molecule has 1 N–H and O–H groups in total. The van der Waals surface area contributed by atoms with Crippen LogP contribution in [-0.4, -0.2) is 52.2 Å². The lowest BCUT2D eigenvalue weighted by molar-refractivity contribution is -0.917. The third kappa shape index (κ3) is 4.34. The first kappa shape index (κ1) is 18.9. The molecule has 0 radical (unpaired) electrons. The van der Waals surface area contributed by atoms with Gasteiger partial charge < -0.3 is 9.80 Å². The number of hydrogen-bond donors (Lipinski definition) is 1. The summed E-state index contributed by atoms with van der Waals surface area (Å²) in [5, 5.41) is 1.72.